The Morgan fingerprint density at radius 1 is 1.31 bits per heavy atom. The molecule has 0 atom stereocenters. The van der Waals surface area contributed by atoms with E-state index < -0.39 is 21.2 Å². The average Bonchev–Trinajstić information content (AvgIpc) is 2.28. The summed E-state index contributed by atoms with van der Waals surface area (Å²) in [5.41, 5.74) is -0.630. The first kappa shape index (κ1) is 9.17. The average molecular weight is 185 g/mol. The first-order valence-corrected chi connectivity index (χ1v) is 3.40. The van der Waals surface area contributed by atoms with Gasteiger partial charge in [0.15, 0.2) is 0 Å². The van der Waals surface area contributed by atoms with Crippen LogP contribution in [0.2, 0.25) is 0 Å². The molecule has 0 aromatic carbocycles. The van der Waals surface area contributed by atoms with Crippen LogP contribution in [-0.4, -0.2) is 14.4 Å². The molecule has 0 N–H and O–H groups in total. The molecule has 1 aromatic heterocycles. The summed E-state index contributed by atoms with van der Waals surface area (Å²) >= 11 is 0. The Morgan fingerprint density at radius 3 is 2.15 bits per heavy atom. The van der Waals surface area contributed by atoms with E-state index in [0.717, 1.165) is 6.20 Å². The lowest BCUT2D eigenvalue weighted by molar-refractivity contribution is -0.422. The standard InChI is InChI=1S/C6H7N3O4/c1-4-6(9(12)13)5(8(10)11)3-7(4)2/h3H,1-2H3. The second-order valence-electron chi connectivity index (χ2n) is 2.57. The predicted molar refractivity (Wildman–Crippen MR) is 43.5 cm³/mol. The summed E-state index contributed by atoms with van der Waals surface area (Å²) in [5, 5.41) is 20.8. The zero-order valence-corrected chi connectivity index (χ0v) is 7.05. The fraction of sp³-hybridized carbons (Fsp3) is 0.333. The maximum absolute atomic E-state index is 10.4. The van der Waals surface area contributed by atoms with E-state index in [0.29, 0.717) is 0 Å². The number of rotatable bonds is 2. The molecule has 7 nitrogen and oxygen atoms in total. The summed E-state index contributed by atoms with van der Waals surface area (Å²) in [6.07, 6.45) is 1.13. The molecule has 1 heterocycles. The van der Waals surface area contributed by atoms with Crippen LogP contribution in [0, 0.1) is 27.2 Å². The zero-order valence-electron chi connectivity index (χ0n) is 7.05. The van der Waals surface area contributed by atoms with Crippen LogP contribution in [0.1, 0.15) is 5.69 Å². The normalized spacial score (nSPS) is 10.0. The van der Waals surface area contributed by atoms with Crippen molar-refractivity contribution in [3.05, 3.63) is 32.1 Å². The van der Waals surface area contributed by atoms with Crippen LogP contribution in [0.5, 0.6) is 0 Å². The summed E-state index contributed by atoms with van der Waals surface area (Å²) < 4.78 is 1.36. The second kappa shape index (κ2) is 2.85. The third-order valence-corrected chi connectivity index (χ3v) is 1.81. The minimum Gasteiger partial charge on any atom is -0.343 e. The highest BCUT2D eigenvalue weighted by Gasteiger charge is 2.30. The van der Waals surface area contributed by atoms with Gasteiger partial charge in [-0.25, -0.2) is 0 Å². The quantitative estimate of drug-likeness (QED) is 0.510. The Morgan fingerprint density at radius 2 is 1.85 bits per heavy atom. The number of hydrogen-bond acceptors (Lipinski definition) is 4. The van der Waals surface area contributed by atoms with E-state index in [9.17, 15) is 20.2 Å². The van der Waals surface area contributed by atoms with Crippen LogP contribution in [0.3, 0.4) is 0 Å². The highest BCUT2D eigenvalue weighted by Crippen LogP contribution is 2.31. The Bertz CT molecular complexity index is 381. The van der Waals surface area contributed by atoms with Crippen molar-refractivity contribution in [3.8, 4) is 0 Å². The minimum absolute atomic E-state index is 0.275. The van der Waals surface area contributed by atoms with Crippen LogP contribution < -0.4 is 0 Å². The molecule has 7 heteroatoms. The molecule has 1 rings (SSSR count). The SMILES string of the molecule is Cc1c([N+](=O)[O-])c([N+](=O)[O-])cn1C. The van der Waals surface area contributed by atoms with Gasteiger partial charge in [-0.15, -0.1) is 0 Å². The summed E-state index contributed by atoms with van der Waals surface area (Å²) in [4.78, 5) is 19.3. The first-order valence-electron chi connectivity index (χ1n) is 3.40. The predicted octanol–water partition coefficient (Wildman–Crippen LogP) is 1.15. The smallest absolute Gasteiger partial charge is 0.343 e. The number of hydrogen-bond donors (Lipinski definition) is 0. The molecular formula is C6H7N3O4. The summed E-state index contributed by atoms with van der Waals surface area (Å²) in [6, 6.07) is 0. The van der Waals surface area contributed by atoms with Gasteiger partial charge in [0, 0.05) is 7.05 Å². The molecule has 0 spiro atoms. The molecule has 0 saturated heterocycles. The molecular weight excluding hydrogens is 178 g/mol. The summed E-state index contributed by atoms with van der Waals surface area (Å²) in [7, 11) is 1.52. The fourth-order valence-corrected chi connectivity index (χ4v) is 1.05. The van der Waals surface area contributed by atoms with Crippen molar-refractivity contribution in [2.24, 2.45) is 7.05 Å². The van der Waals surface area contributed by atoms with Crippen molar-refractivity contribution in [1.82, 2.24) is 4.57 Å². The van der Waals surface area contributed by atoms with Gasteiger partial charge in [0.1, 0.15) is 5.69 Å². The largest absolute Gasteiger partial charge is 0.366 e. The monoisotopic (exact) mass is 185 g/mol. The molecule has 0 aliphatic heterocycles. The molecule has 1 aromatic rings. The van der Waals surface area contributed by atoms with E-state index in [4.69, 9.17) is 0 Å². The maximum atomic E-state index is 10.4. The molecule has 0 bridgehead atoms. The molecule has 13 heavy (non-hydrogen) atoms. The van der Waals surface area contributed by atoms with Crippen molar-refractivity contribution < 1.29 is 9.85 Å². The number of aromatic nitrogens is 1. The molecule has 0 unspecified atom stereocenters. The van der Waals surface area contributed by atoms with Crippen molar-refractivity contribution in [3.63, 3.8) is 0 Å². The van der Waals surface area contributed by atoms with E-state index >= 15 is 0 Å². The van der Waals surface area contributed by atoms with Gasteiger partial charge < -0.3 is 4.57 Å². The van der Waals surface area contributed by atoms with E-state index in [2.05, 4.69) is 0 Å². The van der Waals surface area contributed by atoms with Gasteiger partial charge >= 0.3 is 11.4 Å². The fourth-order valence-electron chi connectivity index (χ4n) is 1.05. The minimum atomic E-state index is -0.759. The van der Waals surface area contributed by atoms with Gasteiger partial charge in [-0.05, 0) is 6.92 Å². The third-order valence-electron chi connectivity index (χ3n) is 1.81. The lowest BCUT2D eigenvalue weighted by atomic mass is 10.4. The van der Waals surface area contributed by atoms with Gasteiger partial charge in [-0.2, -0.15) is 0 Å². The van der Waals surface area contributed by atoms with Crippen LogP contribution >= 0.6 is 0 Å². The highest BCUT2D eigenvalue weighted by atomic mass is 16.6. The molecule has 0 amide bonds. The van der Waals surface area contributed by atoms with Crippen LogP contribution in [-0.2, 0) is 7.05 Å². The molecule has 0 radical (unpaired) electrons. The number of nitrogens with zero attached hydrogens (tertiary/aromatic N) is 3. The van der Waals surface area contributed by atoms with E-state index in [1.165, 1.54) is 18.5 Å². The molecule has 70 valence electrons. The summed E-state index contributed by atoms with van der Waals surface area (Å²) in [6.45, 7) is 1.46. The lowest BCUT2D eigenvalue weighted by Gasteiger charge is -1.91. The molecule has 0 fully saturated rings. The Kier molecular flexibility index (Phi) is 2.01. The van der Waals surface area contributed by atoms with Crippen LogP contribution in [0.4, 0.5) is 11.4 Å². The Hall–Kier alpha value is -1.92. The Labute approximate surface area is 72.9 Å². The van der Waals surface area contributed by atoms with E-state index in [1.807, 2.05) is 0 Å². The third kappa shape index (κ3) is 1.35. The van der Waals surface area contributed by atoms with E-state index in [-0.39, 0.29) is 5.69 Å². The molecule has 0 saturated carbocycles. The van der Waals surface area contributed by atoms with Gasteiger partial charge in [-0.3, -0.25) is 20.2 Å². The van der Waals surface area contributed by atoms with Crippen molar-refractivity contribution in [1.29, 1.82) is 0 Å². The first-order chi connectivity index (χ1) is 5.95. The van der Waals surface area contributed by atoms with Gasteiger partial charge in [-0.1, -0.05) is 0 Å². The highest BCUT2D eigenvalue weighted by molar-refractivity contribution is 5.55. The van der Waals surface area contributed by atoms with Crippen molar-refractivity contribution in [2.45, 2.75) is 6.92 Å². The second-order valence-corrected chi connectivity index (χ2v) is 2.57. The van der Waals surface area contributed by atoms with Gasteiger partial charge in [0.25, 0.3) is 0 Å². The van der Waals surface area contributed by atoms with Crippen molar-refractivity contribution in [2.75, 3.05) is 0 Å². The van der Waals surface area contributed by atoms with E-state index in [1.54, 1.807) is 0 Å². The molecule has 0 aliphatic carbocycles. The topological polar surface area (TPSA) is 91.2 Å². The van der Waals surface area contributed by atoms with Gasteiger partial charge in [0.2, 0.25) is 0 Å². The number of nitro groups is 2. The van der Waals surface area contributed by atoms with Crippen LogP contribution in [0.25, 0.3) is 0 Å². The maximum Gasteiger partial charge on any atom is 0.366 e. The Balaban J connectivity index is 3.44. The van der Waals surface area contributed by atoms with Gasteiger partial charge in [0.05, 0.1) is 16.0 Å². The number of aryl methyl sites for hydroxylation is 1. The van der Waals surface area contributed by atoms with Crippen molar-refractivity contribution >= 4 is 11.4 Å². The lowest BCUT2D eigenvalue weighted by Crippen LogP contribution is -1.95. The molecule has 0 aliphatic rings. The summed E-state index contributed by atoms with van der Waals surface area (Å²) in [5.74, 6) is 0. The van der Waals surface area contributed by atoms with Crippen LogP contribution in [0.15, 0.2) is 6.20 Å². The zero-order chi connectivity index (χ0) is 10.2.